The third-order valence-corrected chi connectivity index (χ3v) is 3.72. The molecule has 0 radical (unpaired) electrons. The van der Waals surface area contributed by atoms with Gasteiger partial charge in [-0.1, -0.05) is 24.3 Å². The Bertz CT molecular complexity index is 583. The second-order valence-corrected chi connectivity index (χ2v) is 5.15. The number of ether oxygens (including phenoxy) is 2. The molecule has 5 nitrogen and oxygen atoms in total. The molecule has 0 bridgehead atoms. The van der Waals surface area contributed by atoms with Crippen LogP contribution in [-0.2, 0) is 0 Å². The zero-order chi connectivity index (χ0) is 16.7. The van der Waals surface area contributed by atoms with Crippen LogP contribution >= 0.6 is 0 Å². The van der Waals surface area contributed by atoms with Crippen LogP contribution < -0.4 is 14.8 Å². The van der Waals surface area contributed by atoms with Crippen molar-refractivity contribution in [2.24, 2.45) is 0 Å². The number of aliphatic hydroxyl groups is 2. The molecule has 2 aromatic carbocycles. The molecular weight excluding hydrogens is 294 g/mol. The lowest BCUT2D eigenvalue weighted by atomic mass is 9.95. The molecule has 0 saturated heterocycles. The fraction of sp³-hybridized carbons (Fsp3) is 0.333. The van der Waals surface area contributed by atoms with E-state index in [4.69, 9.17) is 14.6 Å². The average molecular weight is 317 g/mol. The molecule has 2 rings (SSSR count). The number of nitrogens with one attached hydrogen (secondary N) is 1. The molecule has 0 unspecified atom stereocenters. The summed E-state index contributed by atoms with van der Waals surface area (Å²) in [5.41, 5.74) is 1.69. The van der Waals surface area contributed by atoms with Crippen molar-refractivity contribution in [3.63, 3.8) is 0 Å². The predicted molar refractivity (Wildman–Crippen MR) is 88.8 cm³/mol. The number of aliphatic hydroxyl groups excluding tert-OH is 2. The molecule has 0 saturated carbocycles. The molecule has 5 heteroatoms. The standard InChI is InChI=1S/C18H23NO4/c1-22-15-7-3-13(4-8-15)17(19-11-12-20)18(21)14-5-9-16(23-2)10-6-14/h3-10,17-21H,11-12H2,1-2H3/t17-,18-/m1/s1. The van der Waals surface area contributed by atoms with Gasteiger partial charge in [0.05, 0.1) is 33.0 Å². The predicted octanol–water partition coefficient (Wildman–Crippen LogP) is 2.06. The highest BCUT2D eigenvalue weighted by Crippen LogP contribution is 2.30. The summed E-state index contributed by atoms with van der Waals surface area (Å²) in [6.07, 6.45) is -0.749. The van der Waals surface area contributed by atoms with Crippen molar-refractivity contribution in [1.82, 2.24) is 5.32 Å². The van der Waals surface area contributed by atoms with Crippen molar-refractivity contribution in [2.75, 3.05) is 27.4 Å². The van der Waals surface area contributed by atoms with Gasteiger partial charge in [0.1, 0.15) is 11.5 Å². The zero-order valence-corrected chi connectivity index (χ0v) is 13.4. The van der Waals surface area contributed by atoms with Gasteiger partial charge >= 0.3 is 0 Å². The first kappa shape index (κ1) is 17.3. The van der Waals surface area contributed by atoms with E-state index in [9.17, 15) is 5.11 Å². The van der Waals surface area contributed by atoms with E-state index < -0.39 is 6.10 Å². The minimum absolute atomic E-state index is 0.00197. The summed E-state index contributed by atoms with van der Waals surface area (Å²) < 4.78 is 10.3. The molecule has 0 aliphatic carbocycles. The first-order valence-corrected chi connectivity index (χ1v) is 7.49. The van der Waals surface area contributed by atoms with E-state index in [-0.39, 0.29) is 12.6 Å². The Balaban J connectivity index is 2.24. The lowest BCUT2D eigenvalue weighted by Gasteiger charge is -2.25. The summed E-state index contributed by atoms with van der Waals surface area (Å²) in [6, 6.07) is 14.5. The summed E-state index contributed by atoms with van der Waals surface area (Å²) in [5.74, 6) is 1.50. The maximum atomic E-state index is 10.7. The van der Waals surface area contributed by atoms with Crippen LogP contribution in [0.5, 0.6) is 11.5 Å². The first-order chi connectivity index (χ1) is 11.2. The summed E-state index contributed by atoms with van der Waals surface area (Å²) in [6.45, 7) is 0.395. The Morgan fingerprint density at radius 1 is 0.870 bits per heavy atom. The third-order valence-electron chi connectivity index (χ3n) is 3.72. The second kappa shape index (κ2) is 8.53. The molecule has 0 aliphatic heterocycles. The molecule has 0 amide bonds. The lowest BCUT2D eigenvalue weighted by molar-refractivity contribution is 0.124. The van der Waals surface area contributed by atoms with Crippen molar-refractivity contribution in [3.8, 4) is 11.5 Å². The quantitative estimate of drug-likeness (QED) is 0.695. The fourth-order valence-electron chi connectivity index (χ4n) is 2.44. The van der Waals surface area contributed by atoms with Crippen LogP contribution in [0.4, 0.5) is 0 Å². The highest BCUT2D eigenvalue weighted by atomic mass is 16.5. The number of rotatable bonds is 8. The van der Waals surface area contributed by atoms with E-state index in [1.807, 2.05) is 48.5 Å². The molecule has 2 atom stereocenters. The van der Waals surface area contributed by atoms with Gasteiger partial charge in [0.2, 0.25) is 0 Å². The van der Waals surface area contributed by atoms with Crippen LogP contribution in [0.2, 0.25) is 0 Å². The van der Waals surface area contributed by atoms with Crippen LogP contribution in [0.1, 0.15) is 23.3 Å². The van der Waals surface area contributed by atoms with Crippen molar-refractivity contribution in [3.05, 3.63) is 59.7 Å². The summed E-state index contributed by atoms with van der Waals surface area (Å²) in [7, 11) is 3.22. The van der Waals surface area contributed by atoms with Crippen molar-refractivity contribution < 1.29 is 19.7 Å². The van der Waals surface area contributed by atoms with Gasteiger partial charge < -0.3 is 25.0 Å². The molecule has 0 spiro atoms. The van der Waals surface area contributed by atoms with Gasteiger partial charge in [0, 0.05) is 6.54 Å². The van der Waals surface area contributed by atoms with Crippen molar-refractivity contribution in [1.29, 1.82) is 0 Å². The van der Waals surface area contributed by atoms with Crippen molar-refractivity contribution >= 4 is 0 Å². The van der Waals surface area contributed by atoms with E-state index in [1.165, 1.54) is 0 Å². The SMILES string of the molecule is COc1ccc([C@@H](O)[C@H](NCCO)c2ccc(OC)cc2)cc1. The summed E-state index contributed by atoms with van der Waals surface area (Å²) >= 11 is 0. The van der Waals surface area contributed by atoms with Gasteiger partial charge in [-0.2, -0.15) is 0 Å². The average Bonchev–Trinajstić information content (AvgIpc) is 2.62. The lowest BCUT2D eigenvalue weighted by Crippen LogP contribution is -2.29. The number of hydrogen-bond donors (Lipinski definition) is 3. The molecule has 0 fully saturated rings. The largest absolute Gasteiger partial charge is 0.497 e. The maximum absolute atomic E-state index is 10.7. The monoisotopic (exact) mass is 317 g/mol. The van der Waals surface area contributed by atoms with Crippen LogP contribution in [-0.4, -0.2) is 37.6 Å². The van der Waals surface area contributed by atoms with E-state index >= 15 is 0 Å². The normalized spacial score (nSPS) is 13.4. The Kier molecular flexibility index (Phi) is 6.40. The van der Waals surface area contributed by atoms with E-state index in [0.29, 0.717) is 6.54 Å². The van der Waals surface area contributed by atoms with Gasteiger partial charge in [-0.3, -0.25) is 0 Å². The Morgan fingerprint density at radius 3 is 1.78 bits per heavy atom. The highest BCUT2D eigenvalue weighted by molar-refractivity contribution is 5.33. The number of benzene rings is 2. The van der Waals surface area contributed by atoms with Gasteiger partial charge in [-0.15, -0.1) is 0 Å². The molecule has 23 heavy (non-hydrogen) atoms. The summed E-state index contributed by atoms with van der Waals surface area (Å²) in [5, 5.41) is 23.0. The van der Waals surface area contributed by atoms with Gasteiger partial charge in [0.25, 0.3) is 0 Å². The van der Waals surface area contributed by atoms with Crippen LogP contribution in [0.25, 0.3) is 0 Å². The van der Waals surface area contributed by atoms with E-state index in [0.717, 1.165) is 22.6 Å². The molecule has 3 N–H and O–H groups in total. The Hall–Kier alpha value is -2.08. The zero-order valence-electron chi connectivity index (χ0n) is 13.4. The van der Waals surface area contributed by atoms with Gasteiger partial charge in [0.15, 0.2) is 0 Å². The second-order valence-electron chi connectivity index (χ2n) is 5.15. The third kappa shape index (κ3) is 4.45. The fourth-order valence-corrected chi connectivity index (χ4v) is 2.44. The minimum Gasteiger partial charge on any atom is -0.497 e. The molecule has 2 aromatic rings. The summed E-state index contributed by atoms with van der Waals surface area (Å²) in [4.78, 5) is 0. The molecule has 0 heterocycles. The molecular formula is C18H23NO4. The molecule has 0 aliphatic rings. The van der Waals surface area contributed by atoms with Crippen LogP contribution in [0, 0.1) is 0 Å². The van der Waals surface area contributed by atoms with Crippen LogP contribution in [0.15, 0.2) is 48.5 Å². The van der Waals surface area contributed by atoms with E-state index in [1.54, 1.807) is 14.2 Å². The molecule has 124 valence electrons. The maximum Gasteiger partial charge on any atom is 0.118 e. The Labute approximate surface area is 136 Å². The minimum atomic E-state index is -0.749. The number of methoxy groups -OCH3 is 2. The molecule has 0 aromatic heterocycles. The smallest absolute Gasteiger partial charge is 0.118 e. The van der Waals surface area contributed by atoms with Gasteiger partial charge in [-0.25, -0.2) is 0 Å². The Morgan fingerprint density at radius 2 is 1.35 bits per heavy atom. The van der Waals surface area contributed by atoms with Crippen molar-refractivity contribution in [2.45, 2.75) is 12.1 Å². The topological polar surface area (TPSA) is 71.0 Å². The number of hydrogen-bond acceptors (Lipinski definition) is 5. The first-order valence-electron chi connectivity index (χ1n) is 7.49. The van der Waals surface area contributed by atoms with Gasteiger partial charge in [-0.05, 0) is 35.4 Å². The van der Waals surface area contributed by atoms with Crippen LogP contribution in [0.3, 0.4) is 0 Å². The highest BCUT2D eigenvalue weighted by Gasteiger charge is 2.22. The van der Waals surface area contributed by atoms with E-state index in [2.05, 4.69) is 5.32 Å².